The van der Waals surface area contributed by atoms with Gasteiger partial charge < -0.3 is 15.3 Å². The first-order chi connectivity index (χ1) is 11.8. The van der Waals surface area contributed by atoms with Gasteiger partial charge in [-0.2, -0.15) is 0 Å². The predicted molar refractivity (Wildman–Crippen MR) is 97.5 cm³/mol. The van der Waals surface area contributed by atoms with Gasteiger partial charge in [-0.05, 0) is 68.6 Å². The molecule has 0 aromatic carbocycles. The smallest absolute Gasteiger partial charge is 0.133 e. The Kier molecular flexibility index (Phi) is 3.93. The van der Waals surface area contributed by atoms with Gasteiger partial charge in [-0.1, -0.05) is 31.4 Å². The van der Waals surface area contributed by atoms with Crippen LogP contribution in [0.5, 0.6) is 0 Å². The molecule has 4 aliphatic rings. The Morgan fingerprint density at radius 3 is 2.72 bits per heavy atom. The molecule has 4 aliphatic carbocycles. The van der Waals surface area contributed by atoms with Crippen LogP contribution in [0.2, 0.25) is 0 Å². The highest BCUT2D eigenvalue weighted by Gasteiger charge is 2.66. The monoisotopic (exact) mass is 344 g/mol. The normalized spacial score (nSPS) is 54.7. The van der Waals surface area contributed by atoms with E-state index in [2.05, 4.69) is 25.8 Å². The number of terminal acetylenes is 1. The maximum absolute atomic E-state index is 11.3. The van der Waals surface area contributed by atoms with Crippen LogP contribution in [0.1, 0.15) is 58.8 Å². The molecule has 0 radical (unpaired) electrons. The molecule has 3 nitrogen and oxygen atoms in total. The lowest BCUT2D eigenvalue weighted by molar-refractivity contribution is -0.114. The van der Waals surface area contributed by atoms with Crippen LogP contribution in [0.25, 0.3) is 0 Å². The zero-order valence-corrected chi connectivity index (χ0v) is 15.5. The van der Waals surface area contributed by atoms with Gasteiger partial charge in [-0.3, -0.25) is 0 Å². The number of hydrogen-bond acceptors (Lipinski definition) is 3. The largest absolute Gasteiger partial charge is 0.395 e. The lowest BCUT2D eigenvalue weighted by Crippen LogP contribution is -2.56. The van der Waals surface area contributed by atoms with E-state index in [0.29, 0.717) is 17.8 Å². The maximum atomic E-state index is 11.3. The summed E-state index contributed by atoms with van der Waals surface area (Å²) in [5.41, 5.74) is -0.0963. The van der Waals surface area contributed by atoms with E-state index in [0.717, 1.165) is 44.9 Å². The van der Waals surface area contributed by atoms with Crippen LogP contribution in [0.3, 0.4) is 0 Å². The molecule has 8 atom stereocenters. The van der Waals surface area contributed by atoms with Gasteiger partial charge in [0, 0.05) is 10.8 Å². The average Bonchev–Trinajstić information content (AvgIpc) is 2.82. The van der Waals surface area contributed by atoms with E-state index in [9.17, 15) is 15.3 Å². The number of allylic oxidation sites excluding steroid dienone is 1. The SMILES string of the molecule is C#C[C@@]1(O)[C@@H](C)CC2C3CC=C4C[C@@H](O)CC[C@]4(CO)C3CC[C@@]21C. The summed E-state index contributed by atoms with van der Waals surface area (Å²) >= 11 is 0. The first kappa shape index (κ1) is 17.6. The number of hydrogen-bond donors (Lipinski definition) is 3. The van der Waals surface area contributed by atoms with Crippen molar-refractivity contribution in [2.45, 2.75) is 70.5 Å². The molecular formula is C22H32O3. The molecule has 0 bridgehead atoms. The first-order valence-electron chi connectivity index (χ1n) is 10.0. The third kappa shape index (κ3) is 2.05. The summed E-state index contributed by atoms with van der Waals surface area (Å²) in [6, 6.07) is 0. The number of fused-ring (bicyclic) bond motifs is 5. The van der Waals surface area contributed by atoms with E-state index < -0.39 is 5.60 Å². The molecular weight excluding hydrogens is 312 g/mol. The topological polar surface area (TPSA) is 60.7 Å². The van der Waals surface area contributed by atoms with Crippen LogP contribution in [0, 0.1) is 46.8 Å². The maximum Gasteiger partial charge on any atom is 0.133 e. The Morgan fingerprint density at radius 2 is 2.04 bits per heavy atom. The third-order valence-corrected chi connectivity index (χ3v) is 8.89. The second-order valence-electron chi connectivity index (χ2n) is 9.56. The second kappa shape index (κ2) is 5.59. The van der Waals surface area contributed by atoms with Crippen molar-refractivity contribution in [1.29, 1.82) is 0 Å². The quantitative estimate of drug-likeness (QED) is 0.506. The standard InChI is InChI=1S/C22H32O3/c1-4-22(25)14(2)11-19-17-6-5-15-12-16(24)7-10-21(15,13-23)18(17)8-9-20(19,22)3/h1,5,14,16-19,23-25H,6-13H2,2-3H3/t14-,16-,17?,18?,19?,20-,21+,22+/m0/s1. The van der Waals surface area contributed by atoms with Crippen molar-refractivity contribution < 1.29 is 15.3 Å². The number of rotatable bonds is 1. The van der Waals surface area contributed by atoms with Crippen molar-refractivity contribution in [2.24, 2.45) is 34.5 Å². The highest BCUT2D eigenvalue weighted by atomic mass is 16.3. The Bertz CT molecular complexity index is 634. The molecule has 3 N–H and O–H groups in total. The van der Waals surface area contributed by atoms with E-state index in [4.69, 9.17) is 6.42 Å². The van der Waals surface area contributed by atoms with E-state index in [1.807, 2.05) is 0 Å². The summed E-state index contributed by atoms with van der Waals surface area (Å²) in [5.74, 6) is 4.24. The van der Waals surface area contributed by atoms with Crippen molar-refractivity contribution in [3.05, 3.63) is 11.6 Å². The highest BCUT2D eigenvalue weighted by Crippen LogP contribution is 2.68. The van der Waals surface area contributed by atoms with Crippen LogP contribution in [0.15, 0.2) is 11.6 Å². The molecule has 0 saturated heterocycles. The molecule has 3 unspecified atom stereocenters. The molecule has 0 aliphatic heterocycles. The van der Waals surface area contributed by atoms with Gasteiger partial charge in [0.05, 0.1) is 12.7 Å². The fourth-order valence-electron chi connectivity index (χ4n) is 7.38. The van der Waals surface area contributed by atoms with Crippen LogP contribution >= 0.6 is 0 Å². The summed E-state index contributed by atoms with van der Waals surface area (Å²) in [5, 5.41) is 31.8. The van der Waals surface area contributed by atoms with E-state index in [1.54, 1.807) is 0 Å². The zero-order chi connectivity index (χ0) is 18.0. The number of aliphatic hydroxyl groups excluding tert-OH is 2. The van der Waals surface area contributed by atoms with E-state index in [-0.39, 0.29) is 29.5 Å². The van der Waals surface area contributed by atoms with Gasteiger partial charge in [0.1, 0.15) is 5.60 Å². The average molecular weight is 344 g/mol. The lowest BCUT2D eigenvalue weighted by Gasteiger charge is -2.59. The Balaban J connectivity index is 1.74. The van der Waals surface area contributed by atoms with Gasteiger partial charge in [0.25, 0.3) is 0 Å². The second-order valence-corrected chi connectivity index (χ2v) is 9.56. The van der Waals surface area contributed by atoms with E-state index in [1.165, 1.54) is 5.57 Å². The zero-order valence-electron chi connectivity index (χ0n) is 15.5. The molecule has 3 saturated carbocycles. The summed E-state index contributed by atoms with van der Waals surface area (Å²) < 4.78 is 0. The molecule has 0 aromatic heterocycles. The molecule has 0 amide bonds. The Labute approximate surface area is 151 Å². The summed E-state index contributed by atoms with van der Waals surface area (Å²) in [4.78, 5) is 0. The van der Waals surface area contributed by atoms with Crippen molar-refractivity contribution in [1.82, 2.24) is 0 Å². The minimum atomic E-state index is -1.01. The lowest BCUT2D eigenvalue weighted by atomic mass is 9.46. The molecule has 138 valence electrons. The van der Waals surface area contributed by atoms with Crippen LogP contribution < -0.4 is 0 Å². The van der Waals surface area contributed by atoms with Gasteiger partial charge in [0.2, 0.25) is 0 Å². The molecule has 0 heterocycles. The minimum Gasteiger partial charge on any atom is -0.395 e. The molecule has 0 aromatic rings. The predicted octanol–water partition coefficient (Wildman–Crippen LogP) is 2.89. The van der Waals surface area contributed by atoms with Crippen molar-refractivity contribution in [3.8, 4) is 12.3 Å². The third-order valence-electron chi connectivity index (χ3n) is 8.89. The fraction of sp³-hybridized carbons (Fsp3) is 0.818. The van der Waals surface area contributed by atoms with Crippen molar-refractivity contribution >= 4 is 0 Å². The Hall–Kier alpha value is -0.820. The highest BCUT2D eigenvalue weighted by molar-refractivity contribution is 5.30. The molecule has 3 fully saturated rings. The Morgan fingerprint density at radius 1 is 1.28 bits per heavy atom. The van der Waals surface area contributed by atoms with Gasteiger partial charge >= 0.3 is 0 Å². The first-order valence-corrected chi connectivity index (χ1v) is 10.0. The van der Waals surface area contributed by atoms with Crippen molar-refractivity contribution in [3.63, 3.8) is 0 Å². The van der Waals surface area contributed by atoms with Gasteiger partial charge in [-0.25, -0.2) is 0 Å². The minimum absolute atomic E-state index is 0.120. The molecule has 0 spiro atoms. The van der Waals surface area contributed by atoms with Crippen LogP contribution in [0.4, 0.5) is 0 Å². The summed E-state index contributed by atoms with van der Waals surface area (Å²) in [6.45, 7) is 4.49. The number of aliphatic hydroxyl groups is 3. The molecule has 25 heavy (non-hydrogen) atoms. The molecule has 3 heteroatoms. The summed E-state index contributed by atoms with van der Waals surface area (Å²) in [7, 11) is 0. The van der Waals surface area contributed by atoms with Gasteiger partial charge in [0.15, 0.2) is 0 Å². The summed E-state index contributed by atoms with van der Waals surface area (Å²) in [6.07, 6.45) is 14.2. The van der Waals surface area contributed by atoms with Crippen LogP contribution in [-0.4, -0.2) is 33.6 Å². The van der Waals surface area contributed by atoms with Crippen molar-refractivity contribution in [2.75, 3.05) is 6.61 Å². The fourth-order valence-corrected chi connectivity index (χ4v) is 7.38. The van der Waals surface area contributed by atoms with E-state index >= 15 is 0 Å². The molecule has 4 rings (SSSR count). The van der Waals surface area contributed by atoms with Crippen LogP contribution in [-0.2, 0) is 0 Å². The van der Waals surface area contributed by atoms with Gasteiger partial charge in [-0.15, -0.1) is 6.42 Å².